The molecule has 3 rings (SSSR count). The number of amides is 2. The van der Waals surface area contributed by atoms with Crippen molar-refractivity contribution >= 4 is 52.5 Å². The molecule has 32 heavy (non-hydrogen) atoms. The van der Waals surface area contributed by atoms with Gasteiger partial charge in [-0.05, 0) is 60.7 Å². The second kappa shape index (κ2) is 10.7. The first-order valence-corrected chi connectivity index (χ1v) is 10.7. The van der Waals surface area contributed by atoms with Crippen LogP contribution in [0.1, 0.15) is 20.7 Å². The molecule has 164 valence electrons. The van der Waals surface area contributed by atoms with Crippen LogP contribution < -0.4 is 15.4 Å². The Morgan fingerprint density at radius 3 is 2.38 bits per heavy atom. The van der Waals surface area contributed by atoms with E-state index in [4.69, 9.17) is 21.4 Å². The Hall–Kier alpha value is -3.49. The van der Waals surface area contributed by atoms with Crippen molar-refractivity contribution in [1.82, 2.24) is 0 Å². The first kappa shape index (κ1) is 23.2. The summed E-state index contributed by atoms with van der Waals surface area (Å²) in [5.41, 5.74) is 1.34. The number of aromatic carboxylic acids is 1. The molecule has 0 aliphatic heterocycles. The number of carboxylic acids is 1. The second-order valence-corrected chi connectivity index (χ2v) is 8.00. The number of benzene rings is 3. The van der Waals surface area contributed by atoms with Crippen molar-refractivity contribution in [2.75, 3.05) is 23.5 Å². The van der Waals surface area contributed by atoms with E-state index in [-0.39, 0.29) is 33.8 Å². The standard InChI is InChI=1S/C23H19ClN2O5S/c1-31-17-8-5-14(6-9-17)22(28)25-16-3-2-4-18(12-16)32-13-21(27)26-20-11-15(23(29)30)7-10-19(20)24/h2-12H,13H2,1H3,(H,25,28)(H,26,27)(H,29,30). The van der Waals surface area contributed by atoms with Gasteiger partial charge in [0.1, 0.15) is 5.75 Å². The maximum Gasteiger partial charge on any atom is 0.335 e. The molecular weight excluding hydrogens is 452 g/mol. The minimum absolute atomic E-state index is 0.0256. The van der Waals surface area contributed by atoms with Gasteiger partial charge in [0.15, 0.2) is 0 Å². The lowest BCUT2D eigenvalue weighted by molar-refractivity contribution is -0.113. The fraction of sp³-hybridized carbons (Fsp3) is 0.0870. The third-order valence-corrected chi connectivity index (χ3v) is 5.62. The molecule has 2 amide bonds. The summed E-state index contributed by atoms with van der Waals surface area (Å²) in [6, 6.07) is 17.9. The van der Waals surface area contributed by atoms with E-state index in [9.17, 15) is 14.4 Å². The van der Waals surface area contributed by atoms with E-state index in [2.05, 4.69) is 10.6 Å². The first-order chi connectivity index (χ1) is 15.4. The molecule has 3 N–H and O–H groups in total. The molecule has 0 aromatic heterocycles. The molecule has 0 heterocycles. The number of hydrogen-bond donors (Lipinski definition) is 3. The summed E-state index contributed by atoms with van der Waals surface area (Å²) in [5, 5.41) is 14.8. The molecule has 3 aromatic rings. The highest BCUT2D eigenvalue weighted by atomic mass is 35.5. The van der Waals surface area contributed by atoms with E-state index in [1.807, 2.05) is 6.07 Å². The quantitative estimate of drug-likeness (QED) is 0.399. The molecule has 0 radical (unpaired) electrons. The van der Waals surface area contributed by atoms with Gasteiger partial charge in [0.25, 0.3) is 5.91 Å². The number of carbonyl (C=O) groups is 3. The summed E-state index contributed by atoms with van der Waals surface area (Å²) in [5.74, 6) is -0.981. The van der Waals surface area contributed by atoms with Gasteiger partial charge in [-0.1, -0.05) is 17.7 Å². The van der Waals surface area contributed by atoms with Crippen molar-refractivity contribution in [2.24, 2.45) is 0 Å². The minimum Gasteiger partial charge on any atom is -0.497 e. The highest BCUT2D eigenvalue weighted by Gasteiger charge is 2.11. The predicted octanol–water partition coefficient (Wildman–Crippen LogP) is 5.03. The van der Waals surface area contributed by atoms with Gasteiger partial charge in [0.05, 0.1) is 29.1 Å². The van der Waals surface area contributed by atoms with Crippen LogP contribution in [-0.4, -0.2) is 35.8 Å². The molecule has 0 unspecified atom stereocenters. The van der Waals surface area contributed by atoms with E-state index in [0.717, 1.165) is 4.90 Å². The van der Waals surface area contributed by atoms with Gasteiger partial charge < -0.3 is 20.5 Å². The Labute approximate surface area is 193 Å². The van der Waals surface area contributed by atoms with Gasteiger partial charge in [-0.25, -0.2) is 4.79 Å². The Morgan fingerprint density at radius 2 is 1.69 bits per heavy atom. The topological polar surface area (TPSA) is 105 Å². The molecule has 0 atom stereocenters. The number of carbonyl (C=O) groups excluding carboxylic acids is 2. The van der Waals surface area contributed by atoms with E-state index in [0.29, 0.717) is 17.0 Å². The monoisotopic (exact) mass is 470 g/mol. The number of halogens is 1. The zero-order valence-corrected chi connectivity index (χ0v) is 18.5. The molecule has 7 nitrogen and oxygen atoms in total. The third-order valence-electron chi connectivity index (χ3n) is 4.30. The zero-order chi connectivity index (χ0) is 23.1. The molecule has 0 fully saturated rings. The molecule has 0 saturated carbocycles. The van der Waals surface area contributed by atoms with Crippen LogP contribution in [0.15, 0.2) is 71.6 Å². The lowest BCUT2D eigenvalue weighted by atomic mass is 10.2. The van der Waals surface area contributed by atoms with Gasteiger partial charge >= 0.3 is 5.97 Å². The van der Waals surface area contributed by atoms with Crippen LogP contribution in [0.5, 0.6) is 5.75 Å². The predicted molar refractivity (Wildman–Crippen MR) is 125 cm³/mol. The Morgan fingerprint density at radius 1 is 0.969 bits per heavy atom. The fourth-order valence-corrected chi connectivity index (χ4v) is 3.62. The number of ether oxygens (including phenoxy) is 1. The third kappa shape index (κ3) is 6.26. The Bertz CT molecular complexity index is 1150. The minimum atomic E-state index is -1.11. The van der Waals surface area contributed by atoms with Gasteiger partial charge in [0, 0.05) is 16.1 Å². The van der Waals surface area contributed by atoms with Crippen LogP contribution in [0, 0.1) is 0 Å². The molecular formula is C23H19ClN2O5S. The molecule has 0 aliphatic rings. The number of anilines is 2. The number of carboxylic acid groups (broad SMARTS) is 1. The van der Waals surface area contributed by atoms with Crippen molar-refractivity contribution < 1.29 is 24.2 Å². The van der Waals surface area contributed by atoms with Gasteiger partial charge in [-0.3, -0.25) is 9.59 Å². The van der Waals surface area contributed by atoms with Crippen LogP contribution in [0.25, 0.3) is 0 Å². The normalized spacial score (nSPS) is 10.3. The average Bonchev–Trinajstić information content (AvgIpc) is 2.79. The van der Waals surface area contributed by atoms with Crippen LogP contribution in [0.3, 0.4) is 0 Å². The van der Waals surface area contributed by atoms with Crippen molar-refractivity contribution in [3.8, 4) is 5.75 Å². The maximum absolute atomic E-state index is 12.4. The average molecular weight is 471 g/mol. The SMILES string of the molecule is COc1ccc(C(=O)Nc2cccc(SCC(=O)Nc3cc(C(=O)O)ccc3Cl)c2)cc1. The van der Waals surface area contributed by atoms with Crippen LogP contribution >= 0.6 is 23.4 Å². The second-order valence-electron chi connectivity index (χ2n) is 6.55. The van der Waals surface area contributed by atoms with Crippen LogP contribution in [0.2, 0.25) is 5.02 Å². The van der Waals surface area contributed by atoms with Crippen molar-refractivity contribution in [2.45, 2.75) is 4.90 Å². The molecule has 0 saturated heterocycles. The first-order valence-electron chi connectivity index (χ1n) is 9.36. The van der Waals surface area contributed by atoms with Crippen LogP contribution in [0.4, 0.5) is 11.4 Å². The van der Waals surface area contributed by atoms with Gasteiger partial charge in [-0.15, -0.1) is 11.8 Å². The number of nitrogens with one attached hydrogen (secondary N) is 2. The molecule has 9 heteroatoms. The summed E-state index contributed by atoms with van der Waals surface area (Å²) in [6.45, 7) is 0. The van der Waals surface area contributed by atoms with Crippen molar-refractivity contribution in [3.63, 3.8) is 0 Å². The largest absolute Gasteiger partial charge is 0.497 e. The smallest absolute Gasteiger partial charge is 0.335 e. The summed E-state index contributed by atoms with van der Waals surface area (Å²) in [6.07, 6.45) is 0. The number of hydrogen-bond acceptors (Lipinski definition) is 5. The lowest BCUT2D eigenvalue weighted by Gasteiger charge is -2.10. The maximum atomic E-state index is 12.4. The molecule has 0 bridgehead atoms. The van der Waals surface area contributed by atoms with Gasteiger partial charge in [-0.2, -0.15) is 0 Å². The molecule has 0 aliphatic carbocycles. The van der Waals surface area contributed by atoms with E-state index >= 15 is 0 Å². The highest BCUT2D eigenvalue weighted by molar-refractivity contribution is 8.00. The van der Waals surface area contributed by atoms with Crippen molar-refractivity contribution in [3.05, 3.63) is 82.9 Å². The Kier molecular flexibility index (Phi) is 7.75. The highest BCUT2D eigenvalue weighted by Crippen LogP contribution is 2.25. The summed E-state index contributed by atoms with van der Waals surface area (Å²) < 4.78 is 5.09. The lowest BCUT2D eigenvalue weighted by Crippen LogP contribution is -2.15. The van der Waals surface area contributed by atoms with Crippen molar-refractivity contribution in [1.29, 1.82) is 0 Å². The summed E-state index contributed by atoms with van der Waals surface area (Å²) in [4.78, 5) is 36.6. The zero-order valence-electron chi connectivity index (χ0n) is 16.9. The molecule has 3 aromatic carbocycles. The number of rotatable bonds is 8. The molecule has 0 spiro atoms. The summed E-state index contributed by atoms with van der Waals surface area (Å²) >= 11 is 7.30. The van der Waals surface area contributed by atoms with Gasteiger partial charge in [0.2, 0.25) is 5.91 Å². The summed E-state index contributed by atoms with van der Waals surface area (Å²) in [7, 11) is 1.56. The van der Waals surface area contributed by atoms with E-state index in [1.165, 1.54) is 30.0 Å². The van der Waals surface area contributed by atoms with Crippen LogP contribution in [-0.2, 0) is 4.79 Å². The Balaban J connectivity index is 1.58. The van der Waals surface area contributed by atoms with E-state index < -0.39 is 5.97 Å². The number of thioether (sulfide) groups is 1. The van der Waals surface area contributed by atoms with E-state index in [1.54, 1.807) is 49.6 Å². The fourth-order valence-electron chi connectivity index (χ4n) is 2.70. The number of methoxy groups -OCH3 is 1.